The average molecular weight is 232 g/mol. The zero-order valence-corrected chi connectivity index (χ0v) is 9.55. The van der Waals surface area contributed by atoms with Gasteiger partial charge in [-0.1, -0.05) is 17.7 Å². The fraction of sp³-hybridized carbons (Fsp3) is 0.455. The number of halogens is 2. The maximum atomic E-state index is 12.8. The number of hydrogen-bond acceptors (Lipinski definition) is 2. The van der Waals surface area contributed by atoms with Gasteiger partial charge < -0.3 is 10.4 Å². The van der Waals surface area contributed by atoms with Crippen molar-refractivity contribution in [3.05, 3.63) is 34.6 Å². The topological polar surface area (TPSA) is 32.3 Å². The summed E-state index contributed by atoms with van der Waals surface area (Å²) in [6.45, 7) is 4.10. The number of benzene rings is 1. The van der Waals surface area contributed by atoms with Crippen molar-refractivity contribution in [3.63, 3.8) is 0 Å². The fourth-order valence-corrected chi connectivity index (χ4v) is 1.64. The smallest absolute Gasteiger partial charge is 0.124 e. The van der Waals surface area contributed by atoms with Crippen molar-refractivity contribution in [2.24, 2.45) is 0 Å². The molecule has 2 atom stereocenters. The molecule has 1 aromatic rings. The Morgan fingerprint density at radius 3 is 2.67 bits per heavy atom. The van der Waals surface area contributed by atoms with Gasteiger partial charge >= 0.3 is 0 Å². The molecule has 4 heteroatoms. The van der Waals surface area contributed by atoms with E-state index in [0.717, 1.165) is 5.56 Å². The Labute approximate surface area is 94.1 Å². The van der Waals surface area contributed by atoms with Crippen molar-refractivity contribution < 1.29 is 9.50 Å². The molecule has 0 aliphatic rings. The van der Waals surface area contributed by atoms with Gasteiger partial charge in [-0.25, -0.2) is 4.39 Å². The molecule has 0 spiro atoms. The number of aliphatic hydroxyl groups excluding tert-OH is 1. The van der Waals surface area contributed by atoms with Gasteiger partial charge in [0.15, 0.2) is 0 Å². The van der Waals surface area contributed by atoms with Gasteiger partial charge in [-0.2, -0.15) is 0 Å². The molecule has 0 aliphatic heterocycles. The van der Waals surface area contributed by atoms with Crippen LogP contribution in [-0.2, 0) is 0 Å². The van der Waals surface area contributed by atoms with Crippen LogP contribution in [0.2, 0.25) is 5.02 Å². The van der Waals surface area contributed by atoms with Crippen molar-refractivity contribution >= 4 is 11.6 Å². The first kappa shape index (κ1) is 12.4. The molecule has 0 heterocycles. The van der Waals surface area contributed by atoms with Crippen LogP contribution in [0.15, 0.2) is 18.2 Å². The fourth-order valence-electron chi connectivity index (χ4n) is 1.31. The molecule has 1 aromatic carbocycles. The predicted octanol–water partition coefficient (Wildman–Crippen LogP) is 2.51. The minimum Gasteiger partial charge on any atom is -0.392 e. The Morgan fingerprint density at radius 2 is 2.13 bits per heavy atom. The third kappa shape index (κ3) is 3.78. The van der Waals surface area contributed by atoms with Crippen molar-refractivity contribution in [1.82, 2.24) is 5.32 Å². The molecule has 0 fully saturated rings. The quantitative estimate of drug-likeness (QED) is 0.835. The zero-order valence-electron chi connectivity index (χ0n) is 8.80. The van der Waals surface area contributed by atoms with Gasteiger partial charge in [-0.05, 0) is 31.5 Å². The molecule has 0 saturated carbocycles. The lowest BCUT2D eigenvalue weighted by atomic mass is 10.1. The summed E-state index contributed by atoms with van der Waals surface area (Å²) >= 11 is 5.90. The summed E-state index contributed by atoms with van der Waals surface area (Å²) in [6.07, 6.45) is -0.410. The molecule has 0 aromatic heterocycles. The van der Waals surface area contributed by atoms with Crippen LogP contribution in [0.5, 0.6) is 0 Å². The molecular weight excluding hydrogens is 217 g/mol. The maximum Gasteiger partial charge on any atom is 0.124 e. The van der Waals surface area contributed by atoms with E-state index in [0.29, 0.717) is 11.6 Å². The Bertz CT molecular complexity index is 330. The highest BCUT2D eigenvalue weighted by atomic mass is 35.5. The highest BCUT2D eigenvalue weighted by molar-refractivity contribution is 6.31. The number of hydrogen-bond donors (Lipinski definition) is 2. The molecule has 0 saturated heterocycles. The molecule has 0 unspecified atom stereocenters. The third-order valence-electron chi connectivity index (χ3n) is 2.15. The van der Waals surface area contributed by atoms with Crippen LogP contribution in [-0.4, -0.2) is 17.8 Å². The first-order valence-corrected chi connectivity index (χ1v) is 5.25. The van der Waals surface area contributed by atoms with Crippen LogP contribution in [0, 0.1) is 5.82 Å². The van der Waals surface area contributed by atoms with Gasteiger partial charge in [0.1, 0.15) is 5.82 Å². The van der Waals surface area contributed by atoms with E-state index in [1.54, 1.807) is 13.0 Å². The number of rotatable bonds is 4. The Balaban J connectivity index is 2.69. The summed E-state index contributed by atoms with van der Waals surface area (Å²) in [5, 5.41) is 12.6. The summed E-state index contributed by atoms with van der Waals surface area (Å²) in [4.78, 5) is 0. The van der Waals surface area contributed by atoms with Gasteiger partial charge in [0.25, 0.3) is 0 Å². The standard InChI is InChI=1S/C11H15ClFNO/c1-7(15)6-14-8(2)10-4-3-9(13)5-11(10)12/h3-5,7-8,14-15H,6H2,1-2H3/t7-,8+/m0/s1. The normalized spacial score (nSPS) is 15.0. The highest BCUT2D eigenvalue weighted by Crippen LogP contribution is 2.23. The summed E-state index contributed by atoms with van der Waals surface area (Å²) in [5.41, 5.74) is 0.832. The minimum absolute atomic E-state index is 0.00676. The van der Waals surface area contributed by atoms with E-state index in [1.807, 2.05) is 6.92 Å². The van der Waals surface area contributed by atoms with Crippen molar-refractivity contribution in [1.29, 1.82) is 0 Å². The van der Waals surface area contributed by atoms with E-state index in [-0.39, 0.29) is 11.9 Å². The molecule has 0 radical (unpaired) electrons. The first-order chi connectivity index (χ1) is 7.00. The number of nitrogens with one attached hydrogen (secondary N) is 1. The SMILES string of the molecule is C[C@H](O)CN[C@H](C)c1ccc(F)cc1Cl. The van der Waals surface area contributed by atoms with Crippen molar-refractivity contribution in [3.8, 4) is 0 Å². The molecular formula is C11H15ClFNO. The van der Waals surface area contributed by atoms with E-state index in [9.17, 15) is 4.39 Å². The largest absolute Gasteiger partial charge is 0.392 e. The van der Waals surface area contributed by atoms with Crippen molar-refractivity contribution in [2.75, 3.05) is 6.54 Å². The van der Waals surface area contributed by atoms with Gasteiger partial charge in [-0.3, -0.25) is 0 Å². The van der Waals surface area contributed by atoms with Crippen LogP contribution in [0.4, 0.5) is 4.39 Å². The third-order valence-corrected chi connectivity index (χ3v) is 2.48. The van der Waals surface area contributed by atoms with Crippen LogP contribution in [0.25, 0.3) is 0 Å². The first-order valence-electron chi connectivity index (χ1n) is 4.87. The minimum atomic E-state index is -0.410. The Hall–Kier alpha value is -0.640. The molecule has 84 valence electrons. The van der Waals surface area contributed by atoms with Crippen molar-refractivity contribution in [2.45, 2.75) is 26.0 Å². The zero-order chi connectivity index (χ0) is 11.4. The molecule has 0 aliphatic carbocycles. The average Bonchev–Trinajstić information content (AvgIpc) is 2.14. The van der Waals surface area contributed by atoms with Crippen LogP contribution < -0.4 is 5.32 Å². The number of aliphatic hydroxyl groups is 1. The molecule has 2 N–H and O–H groups in total. The molecule has 0 amide bonds. The van der Waals surface area contributed by atoms with E-state index < -0.39 is 6.10 Å². The summed E-state index contributed by atoms with van der Waals surface area (Å²) < 4.78 is 12.8. The molecule has 1 rings (SSSR count). The highest BCUT2D eigenvalue weighted by Gasteiger charge is 2.10. The predicted molar refractivity (Wildman–Crippen MR) is 59.5 cm³/mol. The van der Waals surface area contributed by atoms with Crippen LogP contribution >= 0.6 is 11.6 Å². The van der Waals surface area contributed by atoms with E-state index in [1.165, 1.54) is 12.1 Å². The summed E-state index contributed by atoms with van der Waals surface area (Å²) in [7, 11) is 0. The molecule has 15 heavy (non-hydrogen) atoms. The second-order valence-electron chi connectivity index (χ2n) is 3.64. The molecule has 0 bridgehead atoms. The summed E-state index contributed by atoms with van der Waals surface area (Å²) in [5.74, 6) is -0.341. The Morgan fingerprint density at radius 1 is 1.47 bits per heavy atom. The Kier molecular flexibility index (Phi) is 4.51. The van der Waals surface area contributed by atoms with Gasteiger partial charge in [-0.15, -0.1) is 0 Å². The van der Waals surface area contributed by atoms with E-state index in [2.05, 4.69) is 5.32 Å². The second kappa shape index (κ2) is 5.45. The van der Waals surface area contributed by atoms with E-state index >= 15 is 0 Å². The monoisotopic (exact) mass is 231 g/mol. The van der Waals surface area contributed by atoms with Gasteiger partial charge in [0.2, 0.25) is 0 Å². The van der Waals surface area contributed by atoms with Gasteiger partial charge in [0.05, 0.1) is 6.10 Å². The summed E-state index contributed by atoms with van der Waals surface area (Å²) in [6, 6.07) is 4.31. The van der Waals surface area contributed by atoms with Crippen LogP contribution in [0.3, 0.4) is 0 Å². The molecule has 2 nitrogen and oxygen atoms in total. The second-order valence-corrected chi connectivity index (χ2v) is 4.05. The lowest BCUT2D eigenvalue weighted by molar-refractivity contribution is 0.187. The lowest BCUT2D eigenvalue weighted by Crippen LogP contribution is -2.27. The van der Waals surface area contributed by atoms with E-state index in [4.69, 9.17) is 16.7 Å². The maximum absolute atomic E-state index is 12.8. The van der Waals surface area contributed by atoms with Gasteiger partial charge in [0, 0.05) is 17.6 Å². The lowest BCUT2D eigenvalue weighted by Gasteiger charge is -2.16. The van der Waals surface area contributed by atoms with Crippen LogP contribution in [0.1, 0.15) is 25.5 Å².